The topological polar surface area (TPSA) is 78.7 Å². The van der Waals surface area contributed by atoms with E-state index in [0.29, 0.717) is 32.9 Å². The van der Waals surface area contributed by atoms with Crippen LogP contribution in [0.5, 0.6) is 0 Å². The molecule has 0 spiro atoms. The largest absolute Gasteiger partial charge is 0.382 e. The van der Waals surface area contributed by atoms with Gasteiger partial charge in [-0.2, -0.15) is 0 Å². The molecule has 1 aromatic rings. The summed E-state index contributed by atoms with van der Waals surface area (Å²) in [5.41, 5.74) is 0.960. The fourth-order valence-corrected chi connectivity index (χ4v) is 2.80. The monoisotopic (exact) mass is 296 g/mol. The summed E-state index contributed by atoms with van der Waals surface area (Å²) in [7, 11) is 1.61. The minimum atomic E-state index is -0.00297. The number of aromatic nitrogens is 3. The van der Waals surface area contributed by atoms with E-state index in [4.69, 9.17) is 14.2 Å². The summed E-state index contributed by atoms with van der Waals surface area (Å²) in [4.78, 5) is 14.0. The normalized spacial score (nSPS) is 24.5. The van der Waals surface area contributed by atoms with Crippen molar-refractivity contribution in [3.05, 3.63) is 11.9 Å². The number of ether oxygens (including phenoxy) is 3. The van der Waals surface area contributed by atoms with E-state index < -0.39 is 0 Å². The maximum atomic E-state index is 12.2. The quantitative estimate of drug-likeness (QED) is 0.689. The molecule has 8 heteroatoms. The lowest BCUT2D eigenvalue weighted by Crippen LogP contribution is -2.50. The smallest absolute Gasteiger partial charge is 0.248 e. The molecule has 0 bridgehead atoms. The zero-order valence-electron chi connectivity index (χ0n) is 12.1. The molecule has 3 rings (SSSR count). The van der Waals surface area contributed by atoms with E-state index in [0.717, 1.165) is 12.1 Å². The molecule has 8 nitrogen and oxygen atoms in total. The molecule has 2 atom stereocenters. The van der Waals surface area contributed by atoms with Gasteiger partial charge in [-0.1, -0.05) is 5.21 Å². The van der Waals surface area contributed by atoms with Gasteiger partial charge < -0.3 is 19.1 Å². The van der Waals surface area contributed by atoms with E-state index in [1.807, 2.05) is 9.58 Å². The molecule has 0 saturated carbocycles. The van der Waals surface area contributed by atoms with Crippen LogP contribution in [0.4, 0.5) is 0 Å². The SMILES string of the molecule is COCCOCC(=O)N1CC[C@@H]2OCc3cnnn3[C@@H]2C1. The lowest BCUT2D eigenvalue weighted by molar-refractivity contribution is -0.143. The number of piperidine rings is 1. The minimum Gasteiger partial charge on any atom is -0.382 e. The van der Waals surface area contributed by atoms with Crippen LogP contribution >= 0.6 is 0 Å². The number of likely N-dealkylation sites (tertiary alicyclic amines) is 1. The fraction of sp³-hybridized carbons (Fsp3) is 0.769. The van der Waals surface area contributed by atoms with Crippen LogP contribution in [0.25, 0.3) is 0 Å². The van der Waals surface area contributed by atoms with Crippen molar-refractivity contribution in [1.29, 1.82) is 0 Å². The van der Waals surface area contributed by atoms with Gasteiger partial charge in [0.15, 0.2) is 0 Å². The highest BCUT2D eigenvalue weighted by Crippen LogP contribution is 2.29. The van der Waals surface area contributed by atoms with Crippen molar-refractivity contribution in [3.8, 4) is 0 Å². The zero-order valence-corrected chi connectivity index (χ0v) is 12.1. The molecule has 21 heavy (non-hydrogen) atoms. The molecule has 3 heterocycles. The van der Waals surface area contributed by atoms with Gasteiger partial charge in [0.05, 0.1) is 43.9 Å². The number of fused-ring (bicyclic) bond motifs is 3. The van der Waals surface area contributed by atoms with Crippen LogP contribution in [0.1, 0.15) is 18.2 Å². The van der Waals surface area contributed by atoms with Crippen LogP contribution in [-0.4, -0.2) is 71.9 Å². The van der Waals surface area contributed by atoms with Gasteiger partial charge in [-0.3, -0.25) is 4.79 Å². The molecule has 1 aromatic heterocycles. The molecule has 0 N–H and O–H groups in total. The Morgan fingerprint density at radius 2 is 2.43 bits per heavy atom. The third kappa shape index (κ3) is 3.07. The van der Waals surface area contributed by atoms with E-state index >= 15 is 0 Å². The summed E-state index contributed by atoms with van der Waals surface area (Å²) >= 11 is 0. The van der Waals surface area contributed by atoms with Gasteiger partial charge in [-0.05, 0) is 6.42 Å². The number of hydrogen-bond donors (Lipinski definition) is 0. The predicted octanol–water partition coefficient (Wildman–Crippen LogP) is -0.387. The average Bonchev–Trinajstić information content (AvgIpc) is 3.00. The second kappa shape index (κ2) is 6.50. The summed E-state index contributed by atoms with van der Waals surface area (Å²) < 4.78 is 17.9. The van der Waals surface area contributed by atoms with Crippen LogP contribution in [0, 0.1) is 0 Å². The van der Waals surface area contributed by atoms with Gasteiger partial charge >= 0.3 is 0 Å². The Bertz CT molecular complexity index is 492. The first kappa shape index (κ1) is 14.4. The molecule has 2 aliphatic rings. The molecule has 0 aliphatic carbocycles. The Labute approximate surface area is 122 Å². The number of nitrogens with zero attached hydrogens (tertiary/aromatic N) is 4. The Morgan fingerprint density at radius 1 is 1.52 bits per heavy atom. The molecule has 1 fully saturated rings. The number of rotatable bonds is 5. The third-order valence-corrected chi connectivity index (χ3v) is 3.94. The Hall–Kier alpha value is -1.51. The molecular formula is C13H20N4O4. The van der Waals surface area contributed by atoms with E-state index in [9.17, 15) is 4.79 Å². The first-order valence-electron chi connectivity index (χ1n) is 7.14. The predicted molar refractivity (Wildman–Crippen MR) is 71.5 cm³/mol. The van der Waals surface area contributed by atoms with Crippen LogP contribution < -0.4 is 0 Å². The highest BCUT2D eigenvalue weighted by atomic mass is 16.5. The van der Waals surface area contributed by atoms with Gasteiger partial charge in [-0.25, -0.2) is 4.68 Å². The van der Waals surface area contributed by atoms with Crippen LogP contribution in [0.3, 0.4) is 0 Å². The number of methoxy groups -OCH3 is 1. The molecule has 2 aliphatic heterocycles. The first-order valence-corrected chi connectivity index (χ1v) is 7.14. The molecule has 0 unspecified atom stereocenters. The fourth-order valence-electron chi connectivity index (χ4n) is 2.80. The second-order valence-electron chi connectivity index (χ2n) is 5.26. The molecule has 116 valence electrons. The third-order valence-electron chi connectivity index (χ3n) is 3.94. The van der Waals surface area contributed by atoms with Crippen molar-refractivity contribution in [2.24, 2.45) is 0 Å². The van der Waals surface area contributed by atoms with Gasteiger partial charge in [0, 0.05) is 20.2 Å². The van der Waals surface area contributed by atoms with Gasteiger partial charge in [0.1, 0.15) is 6.61 Å². The lowest BCUT2D eigenvalue weighted by Gasteiger charge is -2.40. The van der Waals surface area contributed by atoms with E-state index in [1.54, 1.807) is 13.3 Å². The standard InChI is InChI=1S/C13H20N4O4/c1-19-4-5-20-9-13(18)16-3-2-12-11(7-16)17-10(8-21-12)6-14-15-17/h6,11-12H,2-5,7-9H2,1H3/t11-,12+/m1/s1. The van der Waals surface area contributed by atoms with Crippen LogP contribution in [0.15, 0.2) is 6.20 Å². The maximum Gasteiger partial charge on any atom is 0.248 e. The average molecular weight is 296 g/mol. The molecule has 0 radical (unpaired) electrons. The summed E-state index contributed by atoms with van der Waals surface area (Å²) in [6, 6.07) is 0.0490. The molecule has 0 aromatic carbocycles. The number of amides is 1. The van der Waals surface area contributed by atoms with Crippen molar-refractivity contribution in [1.82, 2.24) is 19.9 Å². The summed E-state index contributed by atoms with van der Waals surface area (Å²) in [5.74, 6) is -0.00297. The van der Waals surface area contributed by atoms with Gasteiger partial charge in [0.25, 0.3) is 0 Å². The Kier molecular flexibility index (Phi) is 4.47. The number of hydrogen-bond acceptors (Lipinski definition) is 6. The number of carbonyl (C=O) groups is 1. The summed E-state index contributed by atoms with van der Waals surface area (Å²) in [6.45, 7) is 2.84. The van der Waals surface area contributed by atoms with Crippen LogP contribution in [-0.2, 0) is 25.6 Å². The number of carbonyl (C=O) groups excluding carboxylic acids is 1. The van der Waals surface area contributed by atoms with Gasteiger partial charge in [0.2, 0.25) is 5.91 Å². The minimum absolute atomic E-state index is 0.00297. The van der Waals surface area contributed by atoms with Crippen LogP contribution in [0.2, 0.25) is 0 Å². The van der Waals surface area contributed by atoms with E-state index in [-0.39, 0.29) is 24.7 Å². The van der Waals surface area contributed by atoms with Crippen molar-refractivity contribution in [2.75, 3.05) is 40.0 Å². The highest BCUT2D eigenvalue weighted by Gasteiger charge is 2.37. The Morgan fingerprint density at radius 3 is 3.29 bits per heavy atom. The van der Waals surface area contributed by atoms with E-state index in [2.05, 4.69) is 10.3 Å². The van der Waals surface area contributed by atoms with E-state index in [1.165, 1.54) is 0 Å². The van der Waals surface area contributed by atoms with Crippen molar-refractivity contribution in [2.45, 2.75) is 25.2 Å². The molecule has 1 saturated heterocycles. The highest BCUT2D eigenvalue weighted by molar-refractivity contribution is 5.77. The van der Waals surface area contributed by atoms with Crippen molar-refractivity contribution < 1.29 is 19.0 Å². The molecule has 1 amide bonds. The van der Waals surface area contributed by atoms with Crippen molar-refractivity contribution >= 4 is 5.91 Å². The maximum absolute atomic E-state index is 12.2. The zero-order chi connectivity index (χ0) is 14.7. The Balaban J connectivity index is 1.57. The molecular weight excluding hydrogens is 276 g/mol. The first-order chi connectivity index (χ1) is 10.3. The van der Waals surface area contributed by atoms with Crippen molar-refractivity contribution in [3.63, 3.8) is 0 Å². The summed E-state index contributed by atoms with van der Waals surface area (Å²) in [5, 5.41) is 8.05. The second-order valence-corrected chi connectivity index (χ2v) is 5.26. The van der Waals surface area contributed by atoms with Gasteiger partial charge in [-0.15, -0.1) is 5.10 Å². The lowest BCUT2D eigenvalue weighted by atomic mass is 10.0. The summed E-state index contributed by atoms with van der Waals surface area (Å²) in [6.07, 6.45) is 2.64.